The highest BCUT2D eigenvalue weighted by Gasteiger charge is 2.41. The molecule has 0 aliphatic carbocycles. The number of aromatic nitrogens is 1. The Kier molecular flexibility index (Phi) is 10.6. The Morgan fingerprint density at radius 1 is 1.11 bits per heavy atom. The number of carbonyl (C=O) groups excluding carboxylic acids is 1. The molecule has 2 saturated heterocycles. The fourth-order valence-electron chi connectivity index (χ4n) is 6.19. The summed E-state index contributed by atoms with van der Waals surface area (Å²) in [5.41, 5.74) is 2.71. The normalized spacial score (nSPS) is 17.8. The molecule has 12 heteroatoms. The summed E-state index contributed by atoms with van der Waals surface area (Å²) in [5, 5.41) is 22.1. The lowest BCUT2D eigenvalue weighted by molar-refractivity contribution is -0.143. The minimum absolute atomic E-state index is 0.186. The summed E-state index contributed by atoms with van der Waals surface area (Å²) in [6, 6.07) is 6.70. The number of nitrogens with zero attached hydrogens (tertiary/aromatic N) is 3. The number of likely N-dealkylation sites (tertiary alicyclic amines) is 1. The van der Waals surface area contributed by atoms with E-state index in [1.807, 2.05) is 28.6 Å². The number of aliphatic hydroxyl groups excluding tert-OH is 1. The monoisotopic (exact) mass is 626 g/mol. The lowest BCUT2D eigenvalue weighted by Crippen LogP contribution is -2.48. The number of amides is 1. The number of piperidine rings is 1. The van der Waals surface area contributed by atoms with Crippen molar-refractivity contribution >= 4 is 16.8 Å². The summed E-state index contributed by atoms with van der Waals surface area (Å²) >= 11 is 0. The number of methoxy groups -OCH3 is 1. The second-order valence-electron chi connectivity index (χ2n) is 11.6. The SMILES string of the molecule is COc1ccc2ncc(CN3CCOCC3)c([C@H](O)CCC3(C(=O)NO)CCN(CC#Cc4c(F)cc(F)cc4F)CC3)c2c1. The summed E-state index contributed by atoms with van der Waals surface area (Å²) in [6.07, 6.45) is 2.17. The number of morpholine rings is 1. The molecule has 0 saturated carbocycles. The molecule has 3 heterocycles. The van der Waals surface area contributed by atoms with E-state index in [0.717, 1.165) is 29.6 Å². The van der Waals surface area contributed by atoms with Crippen LogP contribution in [0, 0.1) is 34.7 Å². The summed E-state index contributed by atoms with van der Waals surface area (Å²) < 4.78 is 52.0. The van der Waals surface area contributed by atoms with Crippen LogP contribution in [0.2, 0.25) is 0 Å². The third-order valence-corrected chi connectivity index (χ3v) is 8.85. The van der Waals surface area contributed by atoms with E-state index in [9.17, 15) is 28.3 Å². The fraction of sp³-hybridized carbons (Fsp3) is 0.455. The minimum Gasteiger partial charge on any atom is -0.497 e. The average molecular weight is 627 g/mol. The van der Waals surface area contributed by atoms with Crippen LogP contribution in [0.15, 0.2) is 36.5 Å². The second-order valence-corrected chi connectivity index (χ2v) is 11.6. The molecule has 1 amide bonds. The molecule has 45 heavy (non-hydrogen) atoms. The first-order chi connectivity index (χ1) is 21.7. The zero-order chi connectivity index (χ0) is 32.0. The molecule has 3 aromatic rings. The molecule has 2 fully saturated rings. The Balaban J connectivity index is 1.31. The van der Waals surface area contributed by atoms with E-state index in [1.54, 1.807) is 13.3 Å². The number of ether oxygens (including phenoxy) is 2. The number of hydrogen-bond acceptors (Lipinski definition) is 8. The molecule has 240 valence electrons. The standard InChI is InChI=1S/C33H37F3N4O5/c1-44-24-4-5-29-26(19-24)31(22(20-37-29)21-40-13-15-45-16-14-40)30(41)6-7-33(32(42)38-43)8-11-39(12-9-33)10-2-3-25-27(35)17-23(34)18-28(25)36/h4-5,17-20,30,41,43H,6-16,21H2,1H3,(H,38,42)/t30-/m1/s1. The first kappa shape index (κ1) is 32.7. The highest BCUT2D eigenvalue weighted by molar-refractivity contribution is 5.85. The van der Waals surface area contributed by atoms with Gasteiger partial charge in [0.05, 0.1) is 49.5 Å². The van der Waals surface area contributed by atoms with Crippen LogP contribution in [0.1, 0.15) is 48.5 Å². The van der Waals surface area contributed by atoms with Gasteiger partial charge in [-0.15, -0.1) is 0 Å². The summed E-state index contributed by atoms with van der Waals surface area (Å²) in [4.78, 5) is 21.9. The number of fused-ring (bicyclic) bond motifs is 1. The predicted octanol–water partition coefficient (Wildman–Crippen LogP) is 3.95. The third-order valence-electron chi connectivity index (χ3n) is 8.85. The summed E-state index contributed by atoms with van der Waals surface area (Å²) in [5.74, 6) is 2.15. The number of halogens is 3. The molecule has 3 N–H and O–H groups in total. The van der Waals surface area contributed by atoms with Crippen molar-refractivity contribution in [1.29, 1.82) is 0 Å². The molecule has 1 atom stereocenters. The number of benzene rings is 2. The number of aliphatic hydroxyl groups is 1. The molecule has 9 nitrogen and oxygen atoms in total. The average Bonchev–Trinajstić information content (AvgIpc) is 3.05. The van der Waals surface area contributed by atoms with Crippen LogP contribution in [-0.4, -0.2) is 84.1 Å². The van der Waals surface area contributed by atoms with Gasteiger partial charge in [0.25, 0.3) is 0 Å². The van der Waals surface area contributed by atoms with Gasteiger partial charge < -0.3 is 14.6 Å². The first-order valence-electron chi connectivity index (χ1n) is 15.0. The molecule has 0 unspecified atom stereocenters. The molecule has 0 radical (unpaired) electrons. The Morgan fingerprint density at radius 3 is 2.49 bits per heavy atom. The van der Waals surface area contributed by atoms with Gasteiger partial charge in [-0.1, -0.05) is 11.8 Å². The Bertz CT molecular complexity index is 1560. The molecule has 5 rings (SSSR count). The third kappa shape index (κ3) is 7.57. The van der Waals surface area contributed by atoms with Gasteiger partial charge >= 0.3 is 0 Å². The molecular formula is C33H37F3N4O5. The Labute approximate surface area is 259 Å². The van der Waals surface area contributed by atoms with E-state index >= 15 is 0 Å². The van der Waals surface area contributed by atoms with Gasteiger partial charge in [-0.2, -0.15) is 0 Å². The largest absolute Gasteiger partial charge is 0.497 e. The first-order valence-corrected chi connectivity index (χ1v) is 15.0. The number of nitrogens with one attached hydrogen (secondary N) is 1. The van der Waals surface area contributed by atoms with Crippen LogP contribution in [0.25, 0.3) is 10.9 Å². The zero-order valence-electron chi connectivity index (χ0n) is 25.1. The molecule has 2 aliphatic rings. The maximum atomic E-state index is 13.9. The van der Waals surface area contributed by atoms with Crippen LogP contribution in [-0.2, 0) is 16.1 Å². The van der Waals surface area contributed by atoms with Gasteiger partial charge in [0, 0.05) is 56.4 Å². The van der Waals surface area contributed by atoms with Gasteiger partial charge in [0.2, 0.25) is 5.91 Å². The van der Waals surface area contributed by atoms with Crippen molar-refractivity contribution in [2.75, 3.05) is 53.0 Å². The molecule has 2 aliphatic heterocycles. The van der Waals surface area contributed by atoms with E-state index in [-0.39, 0.29) is 13.0 Å². The zero-order valence-corrected chi connectivity index (χ0v) is 25.1. The van der Waals surface area contributed by atoms with Crippen molar-refractivity contribution in [3.8, 4) is 17.6 Å². The number of carbonyl (C=O) groups is 1. The van der Waals surface area contributed by atoms with E-state index in [1.165, 1.54) is 0 Å². The number of hydrogen-bond donors (Lipinski definition) is 3. The van der Waals surface area contributed by atoms with Crippen LogP contribution in [0.4, 0.5) is 13.2 Å². The molecule has 1 aromatic heterocycles. The van der Waals surface area contributed by atoms with Crippen molar-refractivity contribution in [2.24, 2.45) is 5.41 Å². The second kappa shape index (κ2) is 14.6. The fourth-order valence-corrected chi connectivity index (χ4v) is 6.19. The van der Waals surface area contributed by atoms with E-state index in [4.69, 9.17) is 9.47 Å². The maximum Gasteiger partial charge on any atom is 0.249 e. The quantitative estimate of drug-likeness (QED) is 0.186. The van der Waals surface area contributed by atoms with Crippen molar-refractivity contribution in [2.45, 2.75) is 38.3 Å². The van der Waals surface area contributed by atoms with Crippen LogP contribution in [0.5, 0.6) is 5.75 Å². The van der Waals surface area contributed by atoms with Crippen molar-refractivity contribution in [3.05, 3.63) is 70.7 Å². The predicted molar refractivity (Wildman–Crippen MR) is 160 cm³/mol. The molecule has 2 aromatic carbocycles. The van der Waals surface area contributed by atoms with E-state index < -0.39 is 40.4 Å². The summed E-state index contributed by atoms with van der Waals surface area (Å²) in [7, 11) is 1.58. The van der Waals surface area contributed by atoms with Crippen LogP contribution >= 0.6 is 0 Å². The van der Waals surface area contributed by atoms with Crippen molar-refractivity contribution in [3.63, 3.8) is 0 Å². The number of rotatable bonds is 9. The molecule has 0 spiro atoms. The topological polar surface area (TPSA) is 107 Å². The van der Waals surface area contributed by atoms with Crippen LogP contribution in [0.3, 0.4) is 0 Å². The van der Waals surface area contributed by atoms with Gasteiger partial charge in [0.15, 0.2) is 0 Å². The van der Waals surface area contributed by atoms with E-state index in [0.29, 0.717) is 75.5 Å². The van der Waals surface area contributed by atoms with Crippen LogP contribution < -0.4 is 10.2 Å². The lowest BCUT2D eigenvalue weighted by Gasteiger charge is -2.40. The molecular weight excluding hydrogens is 589 g/mol. The summed E-state index contributed by atoms with van der Waals surface area (Å²) in [6.45, 7) is 4.43. The Morgan fingerprint density at radius 2 is 1.82 bits per heavy atom. The van der Waals surface area contributed by atoms with Gasteiger partial charge in [-0.3, -0.25) is 24.8 Å². The van der Waals surface area contributed by atoms with Crippen molar-refractivity contribution < 1.29 is 37.8 Å². The smallest absolute Gasteiger partial charge is 0.249 e. The van der Waals surface area contributed by atoms with Gasteiger partial charge in [0.1, 0.15) is 23.2 Å². The van der Waals surface area contributed by atoms with Crippen molar-refractivity contribution in [1.82, 2.24) is 20.3 Å². The van der Waals surface area contributed by atoms with Gasteiger partial charge in [-0.05, 0) is 55.0 Å². The highest BCUT2D eigenvalue weighted by atomic mass is 19.1. The van der Waals surface area contributed by atoms with Gasteiger partial charge in [-0.25, -0.2) is 18.7 Å². The maximum absolute atomic E-state index is 13.9. The molecule has 0 bridgehead atoms. The minimum atomic E-state index is -1.07. The number of pyridine rings is 1. The number of hydroxylamine groups is 1. The highest BCUT2D eigenvalue weighted by Crippen LogP contribution is 2.40. The van der Waals surface area contributed by atoms with E-state index in [2.05, 4.69) is 21.7 Å². The Hall–Kier alpha value is -3.73. The lowest BCUT2D eigenvalue weighted by atomic mass is 9.73.